The van der Waals surface area contributed by atoms with Gasteiger partial charge in [0.05, 0.1) is 21.7 Å². The quantitative estimate of drug-likeness (QED) is 0.570. The largest absolute Gasteiger partial charge is 0.393 e. The summed E-state index contributed by atoms with van der Waals surface area (Å²) in [4.78, 5) is 21.4. The number of carbonyl (C=O) groups excluding carboxylic acids is 1. The van der Waals surface area contributed by atoms with Crippen LogP contribution in [0.3, 0.4) is 0 Å². The Morgan fingerprint density at radius 1 is 1.58 bits per heavy atom. The normalized spacial score (nSPS) is 11.7. The van der Waals surface area contributed by atoms with Crippen LogP contribution in [0.25, 0.3) is 0 Å². The topological polar surface area (TPSA) is 104 Å². The molecule has 0 aliphatic rings. The van der Waals surface area contributed by atoms with Gasteiger partial charge in [-0.3, -0.25) is 10.1 Å². The van der Waals surface area contributed by atoms with Gasteiger partial charge in [-0.2, -0.15) is 0 Å². The van der Waals surface area contributed by atoms with Crippen molar-refractivity contribution in [2.24, 2.45) is 0 Å². The lowest BCUT2D eigenvalue weighted by atomic mass is 10.3. The summed E-state index contributed by atoms with van der Waals surface area (Å²) in [7, 11) is 0. The Balaban J connectivity index is 2.57. The molecule has 8 heteroatoms. The second-order valence-electron chi connectivity index (χ2n) is 3.94. The number of hydrogen-bond donors (Lipinski definition) is 3. The fourth-order valence-corrected chi connectivity index (χ4v) is 1.50. The van der Waals surface area contributed by atoms with Gasteiger partial charge in [0.25, 0.3) is 5.69 Å². The molecule has 0 heterocycles. The van der Waals surface area contributed by atoms with Crippen LogP contribution >= 0.6 is 11.6 Å². The van der Waals surface area contributed by atoms with Gasteiger partial charge < -0.3 is 15.7 Å². The molecular formula is C11H14ClN3O4. The molecule has 0 fully saturated rings. The second kappa shape index (κ2) is 6.91. The first-order valence-electron chi connectivity index (χ1n) is 5.57. The maximum absolute atomic E-state index is 11.5. The number of nitro groups is 1. The van der Waals surface area contributed by atoms with Crippen LogP contribution in [-0.2, 0) is 0 Å². The fourth-order valence-electron chi connectivity index (χ4n) is 1.28. The third-order valence-corrected chi connectivity index (χ3v) is 2.57. The average molecular weight is 288 g/mol. The summed E-state index contributed by atoms with van der Waals surface area (Å²) in [6.45, 7) is 1.93. The Hall–Kier alpha value is -1.86. The molecule has 0 aromatic heterocycles. The molecule has 0 bridgehead atoms. The third kappa shape index (κ3) is 5.11. The fraction of sp³-hybridized carbons (Fsp3) is 0.364. The number of non-ortho nitro benzene ring substituents is 1. The molecule has 0 radical (unpaired) electrons. The highest BCUT2D eigenvalue weighted by molar-refractivity contribution is 6.33. The van der Waals surface area contributed by atoms with E-state index >= 15 is 0 Å². The van der Waals surface area contributed by atoms with Crippen LogP contribution in [0.5, 0.6) is 0 Å². The van der Waals surface area contributed by atoms with Crippen LogP contribution in [0.2, 0.25) is 5.02 Å². The first kappa shape index (κ1) is 15.2. The molecule has 1 aromatic rings. The van der Waals surface area contributed by atoms with Gasteiger partial charge in [0.1, 0.15) is 0 Å². The van der Waals surface area contributed by atoms with Crippen LogP contribution in [0.4, 0.5) is 16.2 Å². The minimum atomic E-state index is -0.571. The predicted molar refractivity (Wildman–Crippen MR) is 71.4 cm³/mol. The zero-order valence-electron chi connectivity index (χ0n) is 10.2. The summed E-state index contributed by atoms with van der Waals surface area (Å²) in [6, 6.07) is 3.27. The Kier molecular flexibility index (Phi) is 5.53. The Bertz CT molecular complexity index is 479. The molecule has 19 heavy (non-hydrogen) atoms. The molecule has 0 aliphatic heterocycles. The third-order valence-electron chi connectivity index (χ3n) is 2.26. The van der Waals surface area contributed by atoms with Gasteiger partial charge in [-0.05, 0) is 19.4 Å². The van der Waals surface area contributed by atoms with Gasteiger partial charge in [0, 0.05) is 18.7 Å². The van der Waals surface area contributed by atoms with Crippen molar-refractivity contribution in [2.75, 3.05) is 11.9 Å². The number of halogens is 1. The molecule has 1 atom stereocenters. The minimum Gasteiger partial charge on any atom is -0.393 e. The highest BCUT2D eigenvalue weighted by Gasteiger charge is 2.11. The standard InChI is InChI=1S/C11H14ClN3O4/c1-7(16)4-5-13-11(17)14-10-3-2-8(15(18)19)6-9(10)12/h2-3,6-7,16H,4-5H2,1H3,(H2,13,14,17). The van der Waals surface area contributed by atoms with Crippen molar-refractivity contribution in [1.29, 1.82) is 0 Å². The number of aliphatic hydroxyl groups excluding tert-OH is 1. The molecule has 0 aliphatic carbocycles. The van der Waals surface area contributed by atoms with Gasteiger partial charge in [-0.25, -0.2) is 4.79 Å². The Morgan fingerprint density at radius 2 is 2.26 bits per heavy atom. The maximum Gasteiger partial charge on any atom is 0.319 e. The zero-order valence-corrected chi connectivity index (χ0v) is 11.0. The van der Waals surface area contributed by atoms with E-state index in [1.54, 1.807) is 6.92 Å². The SMILES string of the molecule is CC(O)CCNC(=O)Nc1ccc([N+](=O)[O-])cc1Cl. The number of rotatable bonds is 5. The molecular weight excluding hydrogens is 274 g/mol. The monoisotopic (exact) mass is 287 g/mol. The van der Waals surface area contributed by atoms with E-state index in [1.807, 2.05) is 0 Å². The van der Waals surface area contributed by atoms with Crippen LogP contribution in [0.15, 0.2) is 18.2 Å². The number of amides is 2. The van der Waals surface area contributed by atoms with Crippen molar-refractivity contribution in [3.8, 4) is 0 Å². The number of nitro benzene ring substituents is 1. The molecule has 104 valence electrons. The van der Waals surface area contributed by atoms with Gasteiger partial charge in [-0.1, -0.05) is 11.6 Å². The van der Waals surface area contributed by atoms with Crippen LogP contribution in [0.1, 0.15) is 13.3 Å². The number of urea groups is 1. The van der Waals surface area contributed by atoms with Gasteiger partial charge >= 0.3 is 6.03 Å². The van der Waals surface area contributed by atoms with Crippen molar-refractivity contribution in [1.82, 2.24) is 5.32 Å². The van der Waals surface area contributed by atoms with Crippen LogP contribution in [-0.4, -0.2) is 28.7 Å². The van der Waals surface area contributed by atoms with E-state index < -0.39 is 17.1 Å². The Morgan fingerprint density at radius 3 is 2.79 bits per heavy atom. The molecule has 3 N–H and O–H groups in total. The predicted octanol–water partition coefficient (Wildman–Crippen LogP) is 2.14. The number of benzene rings is 1. The van der Waals surface area contributed by atoms with Gasteiger partial charge in [0.15, 0.2) is 0 Å². The summed E-state index contributed by atoms with van der Waals surface area (Å²) >= 11 is 5.82. The van der Waals surface area contributed by atoms with E-state index in [4.69, 9.17) is 16.7 Å². The average Bonchev–Trinajstić information content (AvgIpc) is 2.31. The minimum absolute atomic E-state index is 0.0832. The molecule has 2 amide bonds. The number of nitrogens with zero attached hydrogens (tertiary/aromatic N) is 1. The molecule has 0 saturated carbocycles. The van der Waals surface area contributed by atoms with E-state index in [-0.39, 0.29) is 16.4 Å². The molecule has 1 rings (SSSR count). The molecule has 7 nitrogen and oxygen atoms in total. The van der Waals surface area contributed by atoms with Crippen molar-refractivity contribution in [2.45, 2.75) is 19.4 Å². The first-order chi connectivity index (χ1) is 8.90. The molecule has 1 aromatic carbocycles. The Labute approximate surface area is 114 Å². The van der Waals surface area contributed by atoms with Crippen LogP contribution in [0, 0.1) is 10.1 Å². The van der Waals surface area contributed by atoms with Crippen molar-refractivity contribution >= 4 is 29.0 Å². The zero-order chi connectivity index (χ0) is 14.4. The van der Waals surface area contributed by atoms with Crippen molar-refractivity contribution < 1.29 is 14.8 Å². The number of nitrogens with one attached hydrogen (secondary N) is 2. The second-order valence-corrected chi connectivity index (χ2v) is 4.35. The number of aliphatic hydroxyl groups is 1. The highest BCUT2D eigenvalue weighted by Crippen LogP contribution is 2.26. The summed E-state index contributed by atoms with van der Waals surface area (Å²) < 4.78 is 0. The van der Waals surface area contributed by atoms with E-state index in [2.05, 4.69) is 10.6 Å². The maximum atomic E-state index is 11.5. The lowest BCUT2D eigenvalue weighted by Crippen LogP contribution is -2.30. The lowest BCUT2D eigenvalue weighted by Gasteiger charge is -2.09. The lowest BCUT2D eigenvalue weighted by molar-refractivity contribution is -0.384. The highest BCUT2D eigenvalue weighted by atomic mass is 35.5. The van der Waals surface area contributed by atoms with Gasteiger partial charge in [0.2, 0.25) is 0 Å². The van der Waals surface area contributed by atoms with E-state index in [0.29, 0.717) is 13.0 Å². The molecule has 0 saturated heterocycles. The summed E-state index contributed by atoms with van der Waals surface area (Å²) in [6.07, 6.45) is -0.0650. The molecule has 1 unspecified atom stereocenters. The number of hydrogen-bond acceptors (Lipinski definition) is 4. The summed E-state index contributed by atoms with van der Waals surface area (Å²) in [5, 5.41) is 24.6. The van der Waals surface area contributed by atoms with E-state index in [0.717, 1.165) is 6.07 Å². The first-order valence-corrected chi connectivity index (χ1v) is 5.95. The van der Waals surface area contributed by atoms with Crippen molar-refractivity contribution in [3.63, 3.8) is 0 Å². The van der Waals surface area contributed by atoms with Gasteiger partial charge in [-0.15, -0.1) is 0 Å². The molecule has 0 spiro atoms. The summed E-state index contributed by atoms with van der Waals surface area (Å²) in [5.41, 5.74) is 0.131. The smallest absolute Gasteiger partial charge is 0.319 e. The van der Waals surface area contributed by atoms with E-state index in [1.165, 1.54) is 12.1 Å². The number of carbonyl (C=O) groups is 1. The van der Waals surface area contributed by atoms with Crippen LogP contribution < -0.4 is 10.6 Å². The number of anilines is 1. The summed E-state index contributed by atoms with van der Waals surface area (Å²) in [5.74, 6) is 0. The van der Waals surface area contributed by atoms with Crippen molar-refractivity contribution in [3.05, 3.63) is 33.3 Å². The van der Waals surface area contributed by atoms with E-state index in [9.17, 15) is 14.9 Å².